The maximum atomic E-state index is 11.2. The van der Waals surface area contributed by atoms with Crippen molar-refractivity contribution in [2.24, 2.45) is 0 Å². The second-order valence-electron chi connectivity index (χ2n) is 3.10. The van der Waals surface area contributed by atoms with E-state index in [4.69, 9.17) is 4.74 Å². The summed E-state index contributed by atoms with van der Waals surface area (Å²) in [5.74, 6) is 0.297. The fourth-order valence-electron chi connectivity index (χ4n) is 1.32. The van der Waals surface area contributed by atoms with E-state index >= 15 is 0 Å². The minimum atomic E-state index is -0.0325. The van der Waals surface area contributed by atoms with Crippen molar-refractivity contribution in [3.63, 3.8) is 0 Å². The largest absolute Gasteiger partial charge is 0.361 e. The Hall–Kier alpha value is -0.370. The lowest BCUT2D eigenvalue weighted by Gasteiger charge is -1.90. The Morgan fingerprint density at radius 1 is 1.36 bits per heavy atom. The van der Waals surface area contributed by atoms with Gasteiger partial charge in [-0.05, 0) is 12.8 Å². The van der Waals surface area contributed by atoms with Gasteiger partial charge in [0.15, 0.2) is 5.78 Å². The molecule has 2 nitrogen and oxygen atoms in total. The normalized spacial score (nSPS) is 28.5. The van der Waals surface area contributed by atoms with Gasteiger partial charge in [-0.2, -0.15) is 0 Å². The van der Waals surface area contributed by atoms with E-state index in [0.717, 1.165) is 19.3 Å². The summed E-state index contributed by atoms with van der Waals surface area (Å²) in [5, 5.41) is 0. The van der Waals surface area contributed by atoms with E-state index in [-0.39, 0.29) is 12.2 Å². The van der Waals surface area contributed by atoms with E-state index in [1.807, 2.05) is 6.92 Å². The van der Waals surface area contributed by atoms with E-state index in [1.54, 1.807) is 0 Å². The van der Waals surface area contributed by atoms with E-state index in [1.165, 1.54) is 0 Å². The Morgan fingerprint density at radius 3 is 2.64 bits per heavy atom. The summed E-state index contributed by atoms with van der Waals surface area (Å²) < 4.78 is 5.22. The third-order valence-corrected chi connectivity index (χ3v) is 1.97. The molecule has 64 valence electrons. The zero-order valence-corrected chi connectivity index (χ0v) is 7.30. The molecule has 0 N–H and O–H groups in total. The second-order valence-corrected chi connectivity index (χ2v) is 3.10. The average molecular weight is 156 g/mol. The molecule has 0 aromatic heterocycles. The Morgan fingerprint density at radius 2 is 2.09 bits per heavy atom. The number of ketones is 1. The standard InChI is InChI=1S/C9H16O2/c1-3-5-7(10)9-8(11-9)6-4-2/h8-9H,3-6H2,1-2H3/t8-,9-/m0/s1. The molecule has 1 aliphatic rings. The molecule has 0 saturated carbocycles. The van der Waals surface area contributed by atoms with Crippen molar-refractivity contribution in [3.05, 3.63) is 0 Å². The maximum Gasteiger partial charge on any atom is 0.164 e. The zero-order chi connectivity index (χ0) is 8.27. The van der Waals surface area contributed by atoms with Crippen molar-refractivity contribution in [1.82, 2.24) is 0 Å². The smallest absolute Gasteiger partial charge is 0.164 e. The molecule has 1 fully saturated rings. The predicted octanol–water partition coefficient (Wildman–Crippen LogP) is 1.92. The minimum Gasteiger partial charge on any atom is -0.361 e. The summed E-state index contributed by atoms with van der Waals surface area (Å²) in [6.45, 7) is 4.14. The van der Waals surface area contributed by atoms with Gasteiger partial charge in [-0.15, -0.1) is 0 Å². The summed E-state index contributed by atoms with van der Waals surface area (Å²) >= 11 is 0. The van der Waals surface area contributed by atoms with Crippen LogP contribution in [0.15, 0.2) is 0 Å². The third-order valence-electron chi connectivity index (χ3n) is 1.97. The van der Waals surface area contributed by atoms with Crippen molar-refractivity contribution in [1.29, 1.82) is 0 Å². The maximum absolute atomic E-state index is 11.2. The number of rotatable bonds is 5. The monoisotopic (exact) mass is 156 g/mol. The molecule has 0 aromatic carbocycles. The Kier molecular flexibility index (Phi) is 3.06. The van der Waals surface area contributed by atoms with E-state index in [9.17, 15) is 4.79 Å². The number of ether oxygens (including phenoxy) is 1. The molecule has 0 aromatic rings. The number of hydrogen-bond donors (Lipinski definition) is 0. The van der Waals surface area contributed by atoms with Gasteiger partial charge < -0.3 is 4.74 Å². The Bertz CT molecular complexity index is 142. The van der Waals surface area contributed by atoms with Gasteiger partial charge in [0.25, 0.3) is 0 Å². The van der Waals surface area contributed by atoms with Gasteiger partial charge in [0.05, 0.1) is 6.10 Å². The lowest BCUT2D eigenvalue weighted by Crippen LogP contribution is -2.08. The highest BCUT2D eigenvalue weighted by atomic mass is 16.6. The number of carbonyl (C=O) groups is 1. The van der Waals surface area contributed by atoms with Gasteiger partial charge in [-0.1, -0.05) is 20.3 Å². The van der Waals surface area contributed by atoms with Crippen molar-refractivity contribution < 1.29 is 9.53 Å². The van der Waals surface area contributed by atoms with Crippen LogP contribution in [0.1, 0.15) is 39.5 Å². The molecule has 2 atom stereocenters. The number of epoxide rings is 1. The molecule has 0 unspecified atom stereocenters. The lowest BCUT2D eigenvalue weighted by atomic mass is 10.1. The average Bonchev–Trinajstić information content (AvgIpc) is 2.69. The molecule has 0 bridgehead atoms. The van der Waals surface area contributed by atoms with E-state index < -0.39 is 0 Å². The van der Waals surface area contributed by atoms with Gasteiger partial charge in [0.2, 0.25) is 0 Å². The Labute approximate surface area is 67.9 Å². The molecule has 1 heterocycles. The fraction of sp³-hybridized carbons (Fsp3) is 0.889. The summed E-state index contributed by atoms with van der Waals surface area (Å²) in [6.07, 6.45) is 4.01. The van der Waals surface area contributed by atoms with Crippen LogP contribution in [0.3, 0.4) is 0 Å². The second kappa shape index (κ2) is 3.86. The number of hydrogen-bond acceptors (Lipinski definition) is 2. The van der Waals surface area contributed by atoms with Crippen molar-refractivity contribution in [2.75, 3.05) is 0 Å². The van der Waals surface area contributed by atoms with Gasteiger partial charge in [-0.25, -0.2) is 0 Å². The zero-order valence-electron chi connectivity index (χ0n) is 7.30. The highest BCUT2D eigenvalue weighted by Crippen LogP contribution is 2.28. The molecular formula is C9H16O2. The number of carbonyl (C=O) groups excluding carboxylic acids is 1. The molecule has 1 rings (SSSR count). The summed E-state index contributed by atoms with van der Waals surface area (Å²) in [4.78, 5) is 11.2. The van der Waals surface area contributed by atoms with Crippen molar-refractivity contribution in [3.8, 4) is 0 Å². The summed E-state index contributed by atoms with van der Waals surface area (Å²) in [6, 6.07) is 0. The first-order valence-electron chi connectivity index (χ1n) is 4.47. The third kappa shape index (κ3) is 2.29. The predicted molar refractivity (Wildman–Crippen MR) is 43.5 cm³/mol. The molecule has 11 heavy (non-hydrogen) atoms. The van der Waals surface area contributed by atoms with Crippen LogP contribution in [-0.2, 0) is 9.53 Å². The van der Waals surface area contributed by atoms with Crippen LogP contribution >= 0.6 is 0 Å². The highest BCUT2D eigenvalue weighted by molar-refractivity contribution is 5.85. The SMILES string of the molecule is CCCC(=O)[C@@H]1O[C@H]1CCC. The molecule has 2 heteroatoms. The fourth-order valence-corrected chi connectivity index (χ4v) is 1.32. The lowest BCUT2D eigenvalue weighted by molar-refractivity contribution is -0.120. The van der Waals surface area contributed by atoms with Gasteiger partial charge in [0.1, 0.15) is 6.10 Å². The van der Waals surface area contributed by atoms with Gasteiger partial charge in [-0.3, -0.25) is 4.79 Å². The van der Waals surface area contributed by atoms with Crippen LogP contribution < -0.4 is 0 Å². The molecule has 0 amide bonds. The first-order chi connectivity index (χ1) is 5.29. The molecule has 0 radical (unpaired) electrons. The number of Topliss-reactive ketones (excluding diaryl/α,β-unsaturated/α-hetero) is 1. The quantitative estimate of drug-likeness (QED) is 0.569. The highest BCUT2D eigenvalue weighted by Gasteiger charge is 2.42. The minimum absolute atomic E-state index is 0.0325. The van der Waals surface area contributed by atoms with Crippen LogP contribution in [0, 0.1) is 0 Å². The molecule has 1 aliphatic heterocycles. The summed E-state index contributed by atoms with van der Waals surface area (Å²) in [5.41, 5.74) is 0. The first-order valence-corrected chi connectivity index (χ1v) is 4.47. The van der Waals surface area contributed by atoms with E-state index in [0.29, 0.717) is 12.2 Å². The first kappa shape index (κ1) is 8.72. The van der Waals surface area contributed by atoms with Crippen molar-refractivity contribution >= 4 is 5.78 Å². The molecular weight excluding hydrogens is 140 g/mol. The van der Waals surface area contributed by atoms with Crippen LogP contribution in [0.2, 0.25) is 0 Å². The van der Waals surface area contributed by atoms with Crippen molar-refractivity contribution in [2.45, 2.75) is 51.7 Å². The van der Waals surface area contributed by atoms with Crippen LogP contribution in [-0.4, -0.2) is 18.0 Å². The van der Waals surface area contributed by atoms with E-state index in [2.05, 4.69) is 6.92 Å². The van der Waals surface area contributed by atoms with Gasteiger partial charge >= 0.3 is 0 Å². The topological polar surface area (TPSA) is 29.6 Å². The van der Waals surface area contributed by atoms with Crippen LogP contribution in [0.25, 0.3) is 0 Å². The Balaban J connectivity index is 2.15. The van der Waals surface area contributed by atoms with Crippen LogP contribution in [0.5, 0.6) is 0 Å². The molecule has 0 spiro atoms. The van der Waals surface area contributed by atoms with Gasteiger partial charge in [0, 0.05) is 6.42 Å². The molecule has 0 aliphatic carbocycles. The summed E-state index contributed by atoms with van der Waals surface area (Å²) in [7, 11) is 0. The molecule has 1 saturated heterocycles. The van der Waals surface area contributed by atoms with Crippen LogP contribution in [0.4, 0.5) is 0 Å².